The first-order valence-electron chi connectivity index (χ1n) is 9.54. The van der Waals surface area contributed by atoms with Crippen LogP contribution in [0.4, 0.5) is 5.69 Å². The second-order valence-corrected chi connectivity index (χ2v) is 7.08. The zero-order valence-corrected chi connectivity index (χ0v) is 18.8. The lowest BCUT2D eigenvalue weighted by atomic mass is 10.1. The van der Waals surface area contributed by atoms with Crippen molar-refractivity contribution in [2.45, 2.75) is 19.4 Å². The Balaban J connectivity index is 2.24. The summed E-state index contributed by atoms with van der Waals surface area (Å²) in [5.41, 5.74) is -0.781. The van der Waals surface area contributed by atoms with E-state index < -0.39 is 17.5 Å². The number of aliphatic hydroxyl groups is 1. The number of amides is 1. The highest BCUT2D eigenvalue weighted by molar-refractivity contribution is 6.02. The third-order valence-electron chi connectivity index (χ3n) is 4.29. The largest absolute Gasteiger partial charge is 0.496 e. The van der Waals surface area contributed by atoms with Crippen molar-refractivity contribution in [1.29, 1.82) is 0 Å². The van der Waals surface area contributed by atoms with Gasteiger partial charge in [-0.3, -0.25) is 4.79 Å². The minimum atomic E-state index is -1.69. The van der Waals surface area contributed by atoms with Gasteiger partial charge in [-0.25, -0.2) is 4.79 Å². The van der Waals surface area contributed by atoms with Crippen LogP contribution in [0.15, 0.2) is 36.4 Å². The molecule has 0 radical (unpaired) electrons. The molecule has 0 atom stereocenters. The van der Waals surface area contributed by atoms with Crippen molar-refractivity contribution in [1.82, 2.24) is 0 Å². The number of methoxy groups -OCH3 is 4. The van der Waals surface area contributed by atoms with Gasteiger partial charge in [0.15, 0.2) is 17.1 Å². The Kier molecular flexibility index (Phi) is 8.09. The van der Waals surface area contributed by atoms with E-state index in [2.05, 4.69) is 5.32 Å². The molecule has 9 heteroatoms. The lowest BCUT2D eigenvalue weighted by Gasteiger charge is -2.17. The summed E-state index contributed by atoms with van der Waals surface area (Å²) in [6, 6.07) is 7.88. The zero-order chi connectivity index (χ0) is 23.9. The number of esters is 1. The standard InChI is InChI=1S/C23H27NO8/c1-23(2,27)22(26)32-20-11-14(7-9-17(20)29-4)24-21(25)10-8-16-18(30-5)12-15(28-3)13-19(16)31-6/h7-13,27H,1-6H3,(H,24,25)/b10-8+. The molecule has 0 unspecified atom stereocenters. The van der Waals surface area contributed by atoms with Crippen LogP contribution in [-0.4, -0.2) is 51.0 Å². The Labute approximate surface area is 186 Å². The Hall–Kier alpha value is -3.72. The predicted octanol–water partition coefficient (Wildman–Crippen LogP) is 3.05. The molecule has 0 aliphatic carbocycles. The Morgan fingerprint density at radius 3 is 1.97 bits per heavy atom. The van der Waals surface area contributed by atoms with Crippen LogP contribution < -0.4 is 29.0 Å². The molecule has 2 N–H and O–H groups in total. The molecule has 0 fully saturated rings. The number of ether oxygens (including phenoxy) is 5. The Morgan fingerprint density at radius 1 is 0.875 bits per heavy atom. The lowest BCUT2D eigenvalue weighted by Crippen LogP contribution is -2.35. The summed E-state index contributed by atoms with van der Waals surface area (Å²) >= 11 is 0. The fourth-order valence-corrected chi connectivity index (χ4v) is 2.60. The highest BCUT2D eigenvalue weighted by atomic mass is 16.6. The second kappa shape index (κ2) is 10.5. The van der Waals surface area contributed by atoms with Crippen molar-refractivity contribution in [2.24, 2.45) is 0 Å². The monoisotopic (exact) mass is 445 g/mol. The highest BCUT2D eigenvalue weighted by Crippen LogP contribution is 2.35. The van der Waals surface area contributed by atoms with Gasteiger partial charge >= 0.3 is 5.97 Å². The minimum absolute atomic E-state index is 0.0555. The molecule has 9 nitrogen and oxygen atoms in total. The maximum absolute atomic E-state index is 12.5. The normalized spacial score (nSPS) is 11.1. The summed E-state index contributed by atoms with van der Waals surface area (Å²) in [6.07, 6.45) is 2.85. The van der Waals surface area contributed by atoms with Gasteiger partial charge in [-0.15, -0.1) is 0 Å². The number of carbonyl (C=O) groups is 2. The second-order valence-electron chi connectivity index (χ2n) is 7.08. The Bertz CT molecular complexity index is 983. The molecular weight excluding hydrogens is 418 g/mol. The maximum atomic E-state index is 12.5. The summed E-state index contributed by atoms with van der Waals surface area (Å²) in [7, 11) is 5.94. The van der Waals surface area contributed by atoms with Crippen LogP contribution in [0, 0.1) is 0 Å². The molecule has 0 aliphatic rings. The molecule has 0 aromatic heterocycles. The quantitative estimate of drug-likeness (QED) is 0.344. The molecule has 0 aliphatic heterocycles. The molecule has 2 aromatic carbocycles. The molecule has 0 saturated carbocycles. The van der Waals surface area contributed by atoms with Crippen LogP contribution in [0.2, 0.25) is 0 Å². The molecule has 172 valence electrons. The van der Waals surface area contributed by atoms with Crippen molar-refractivity contribution in [3.63, 3.8) is 0 Å². The Morgan fingerprint density at radius 2 is 1.47 bits per heavy atom. The van der Waals surface area contributed by atoms with Gasteiger partial charge in [0.05, 0.1) is 34.0 Å². The first-order valence-corrected chi connectivity index (χ1v) is 9.54. The van der Waals surface area contributed by atoms with Crippen molar-refractivity contribution < 1.29 is 38.4 Å². The summed E-state index contributed by atoms with van der Waals surface area (Å²) in [5.74, 6) is 0.495. The van der Waals surface area contributed by atoms with Crippen LogP contribution in [0.1, 0.15) is 19.4 Å². The molecule has 32 heavy (non-hydrogen) atoms. The van der Waals surface area contributed by atoms with Crippen LogP contribution in [0.25, 0.3) is 6.08 Å². The smallest absolute Gasteiger partial charge is 0.343 e. The number of hydrogen-bond donors (Lipinski definition) is 2. The number of nitrogens with one attached hydrogen (secondary N) is 1. The average molecular weight is 445 g/mol. The van der Waals surface area contributed by atoms with Crippen LogP contribution in [0.3, 0.4) is 0 Å². The van der Waals surface area contributed by atoms with E-state index in [1.54, 1.807) is 24.3 Å². The van der Waals surface area contributed by atoms with E-state index in [4.69, 9.17) is 23.7 Å². The van der Waals surface area contributed by atoms with E-state index in [-0.39, 0.29) is 11.5 Å². The van der Waals surface area contributed by atoms with Crippen molar-refractivity contribution in [3.8, 4) is 28.7 Å². The summed E-state index contributed by atoms with van der Waals surface area (Å²) in [5, 5.41) is 12.5. The zero-order valence-electron chi connectivity index (χ0n) is 18.8. The SMILES string of the molecule is COc1cc(OC)c(/C=C/C(=O)Nc2ccc(OC)c(OC(=O)C(C)(C)O)c2)c(OC)c1. The van der Waals surface area contributed by atoms with Gasteiger partial charge in [-0.1, -0.05) is 0 Å². The molecule has 0 bridgehead atoms. The molecule has 1 amide bonds. The van der Waals surface area contributed by atoms with Crippen LogP contribution in [-0.2, 0) is 9.59 Å². The van der Waals surface area contributed by atoms with Crippen LogP contribution >= 0.6 is 0 Å². The highest BCUT2D eigenvalue weighted by Gasteiger charge is 2.27. The third-order valence-corrected chi connectivity index (χ3v) is 4.29. The van der Waals surface area contributed by atoms with Gasteiger partial charge in [-0.2, -0.15) is 0 Å². The van der Waals surface area contributed by atoms with Gasteiger partial charge in [-0.05, 0) is 32.1 Å². The number of benzene rings is 2. The average Bonchev–Trinajstić information content (AvgIpc) is 2.76. The van der Waals surface area contributed by atoms with E-state index in [1.165, 1.54) is 60.5 Å². The number of carbonyl (C=O) groups excluding carboxylic acids is 2. The van der Waals surface area contributed by atoms with Gasteiger partial charge in [0.25, 0.3) is 0 Å². The van der Waals surface area contributed by atoms with Crippen molar-refractivity contribution in [2.75, 3.05) is 33.8 Å². The topological polar surface area (TPSA) is 113 Å². The first-order chi connectivity index (χ1) is 15.1. The molecule has 0 heterocycles. The fraction of sp³-hybridized carbons (Fsp3) is 0.304. The maximum Gasteiger partial charge on any atom is 0.343 e. The first kappa shape index (κ1) is 24.5. The number of rotatable bonds is 9. The molecule has 2 rings (SSSR count). The van der Waals surface area contributed by atoms with E-state index in [0.717, 1.165) is 0 Å². The number of anilines is 1. The summed E-state index contributed by atoms with van der Waals surface area (Å²) in [6.45, 7) is 2.61. The van der Waals surface area contributed by atoms with E-state index in [1.807, 2.05) is 0 Å². The molecular formula is C23H27NO8. The third kappa shape index (κ3) is 6.14. The van der Waals surface area contributed by atoms with E-state index in [0.29, 0.717) is 28.5 Å². The van der Waals surface area contributed by atoms with Gasteiger partial charge in [0.1, 0.15) is 17.2 Å². The predicted molar refractivity (Wildman–Crippen MR) is 119 cm³/mol. The van der Waals surface area contributed by atoms with Crippen LogP contribution in [0.5, 0.6) is 28.7 Å². The lowest BCUT2D eigenvalue weighted by molar-refractivity contribution is -0.151. The van der Waals surface area contributed by atoms with Crippen molar-refractivity contribution in [3.05, 3.63) is 42.0 Å². The summed E-state index contributed by atoms with van der Waals surface area (Å²) < 4.78 is 26.3. The summed E-state index contributed by atoms with van der Waals surface area (Å²) in [4.78, 5) is 24.5. The van der Waals surface area contributed by atoms with E-state index >= 15 is 0 Å². The van der Waals surface area contributed by atoms with Gasteiger partial charge < -0.3 is 34.1 Å². The molecule has 2 aromatic rings. The molecule has 0 saturated heterocycles. The van der Waals surface area contributed by atoms with E-state index in [9.17, 15) is 14.7 Å². The number of hydrogen-bond acceptors (Lipinski definition) is 8. The van der Waals surface area contributed by atoms with Crippen molar-refractivity contribution >= 4 is 23.6 Å². The molecule has 0 spiro atoms. The minimum Gasteiger partial charge on any atom is -0.496 e. The van der Waals surface area contributed by atoms with Gasteiger partial charge in [0, 0.05) is 30.0 Å². The fourth-order valence-electron chi connectivity index (χ4n) is 2.60. The van der Waals surface area contributed by atoms with Gasteiger partial charge in [0.2, 0.25) is 5.91 Å².